The number of carbonyl (C=O) groups excluding carboxylic acids is 1. The van der Waals surface area contributed by atoms with Crippen LogP contribution in [0.1, 0.15) is 18.5 Å². The quantitative estimate of drug-likeness (QED) is 0.871. The van der Waals surface area contributed by atoms with Crippen LogP contribution in [0.25, 0.3) is 10.3 Å². The molecule has 0 saturated carbocycles. The number of aromatic nitrogens is 3. The van der Waals surface area contributed by atoms with Crippen molar-refractivity contribution in [2.75, 3.05) is 11.4 Å². The van der Waals surface area contributed by atoms with Crippen LogP contribution in [-0.4, -0.2) is 33.3 Å². The van der Waals surface area contributed by atoms with Crippen LogP contribution in [0.3, 0.4) is 0 Å². The average molecular weight is 265 g/mol. The summed E-state index contributed by atoms with van der Waals surface area (Å²) in [6.45, 7) is 2.82. The smallest absolute Gasteiger partial charge is 0.240 e. The molecule has 6 nitrogen and oxygen atoms in total. The molecule has 0 radical (unpaired) electrons. The largest absolute Gasteiger partial charge is 0.368 e. The molecule has 1 atom stereocenters. The molecule has 3 heterocycles. The highest BCUT2D eigenvalue weighted by molar-refractivity contribution is 7.22. The molecule has 3 rings (SSSR count). The van der Waals surface area contributed by atoms with Crippen LogP contribution in [0, 0.1) is 6.92 Å². The second-order valence-electron chi connectivity index (χ2n) is 4.61. The second-order valence-corrected chi connectivity index (χ2v) is 5.59. The molecule has 0 bridgehead atoms. The summed E-state index contributed by atoms with van der Waals surface area (Å²) < 4.78 is 2.86. The van der Waals surface area contributed by atoms with Gasteiger partial charge in [0.05, 0.1) is 10.4 Å². The van der Waals surface area contributed by atoms with Gasteiger partial charge >= 0.3 is 0 Å². The van der Waals surface area contributed by atoms with Crippen molar-refractivity contribution in [1.29, 1.82) is 0 Å². The average Bonchev–Trinajstić information content (AvgIpc) is 2.98. The molecule has 1 amide bonds. The maximum atomic E-state index is 11.4. The lowest BCUT2D eigenvalue weighted by Gasteiger charge is -2.20. The van der Waals surface area contributed by atoms with Gasteiger partial charge in [-0.15, -0.1) is 0 Å². The molecule has 96 valence electrons. The molecule has 2 aromatic heterocycles. The Hall–Kier alpha value is -1.63. The van der Waals surface area contributed by atoms with E-state index in [-0.39, 0.29) is 11.9 Å². The number of anilines is 1. The molecule has 7 heteroatoms. The van der Waals surface area contributed by atoms with Gasteiger partial charge in [-0.2, -0.15) is 5.10 Å². The summed E-state index contributed by atoms with van der Waals surface area (Å²) in [6.07, 6.45) is 1.81. The fourth-order valence-electron chi connectivity index (χ4n) is 2.49. The van der Waals surface area contributed by atoms with E-state index in [0.717, 1.165) is 40.6 Å². The number of nitrogens with two attached hydrogens (primary N) is 1. The SMILES string of the molecule is Cc1nn(C)c2nc(N3CCC[C@@H]3C(N)=O)sc12. The number of aryl methyl sites for hydroxylation is 2. The minimum atomic E-state index is -0.262. The number of fused-ring (bicyclic) bond motifs is 1. The Kier molecular flexibility index (Phi) is 2.51. The number of thiazole rings is 1. The number of hydrogen-bond acceptors (Lipinski definition) is 5. The van der Waals surface area contributed by atoms with Crippen molar-refractivity contribution >= 4 is 32.7 Å². The van der Waals surface area contributed by atoms with Crippen molar-refractivity contribution in [3.63, 3.8) is 0 Å². The van der Waals surface area contributed by atoms with Gasteiger partial charge in [-0.05, 0) is 19.8 Å². The molecule has 0 aromatic carbocycles. The van der Waals surface area contributed by atoms with E-state index in [9.17, 15) is 4.79 Å². The molecule has 0 unspecified atom stereocenters. The maximum Gasteiger partial charge on any atom is 0.240 e. The maximum absolute atomic E-state index is 11.4. The van der Waals surface area contributed by atoms with Crippen LogP contribution in [-0.2, 0) is 11.8 Å². The van der Waals surface area contributed by atoms with Gasteiger partial charge in [0, 0.05) is 13.6 Å². The van der Waals surface area contributed by atoms with Gasteiger partial charge in [0.1, 0.15) is 6.04 Å². The molecule has 1 saturated heterocycles. The van der Waals surface area contributed by atoms with E-state index >= 15 is 0 Å². The molecule has 18 heavy (non-hydrogen) atoms. The first-order chi connectivity index (χ1) is 8.58. The monoisotopic (exact) mass is 265 g/mol. The van der Waals surface area contributed by atoms with E-state index < -0.39 is 0 Å². The number of rotatable bonds is 2. The van der Waals surface area contributed by atoms with Gasteiger partial charge in [0.25, 0.3) is 0 Å². The van der Waals surface area contributed by atoms with Gasteiger partial charge in [0.2, 0.25) is 5.91 Å². The van der Waals surface area contributed by atoms with Crippen molar-refractivity contribution < 1.29 is 4.79 Å². The zero-order chi connectivity index (χ0) is 12.9. The Balaban J connectivity index is 2.04. The molecule has 0 spiro atoms. The standard InChI is InChI=1S/C11H15N5OS/c1-6-8-10(15(2)14-6)13-11(18-8)16-5-3-4-7(16)9(12)17/h7H,3-5H2,1-2H3,(H2,12,17)/t7-/m1/s1. The highest BCUT2D eigenvalue weighted by Crippen LogP contribution is 2.34. The molecule has 1 aliphatic heterocycles. The van der Waals surface area contributed by atoms with E-state index in [0.29, 0.717) is 0 Å². The van der Waals surface area contributed by atoms with E-state index in [2.05, 4.69) is 10.1 Å². The lowest BCUT2D eigenvalue weighted by Crippen LogP contribution is -2.40. The molecule has 2 N–H and O–H groups in total. The minimum Gasteiger partial charge on any atom is -0.368 e. The molecule has 1 aliphatic rings. The summed E-state index contributed by atoms with van der Waals surface area (Å²) in [6, 6.07) is -0.209. The Morgan fingerprint density at radius 3 is 3.00 bits per heavy atom. The van der Waals surface area contributed by atoms with E-state index in [1.54, 1.807) is 16.0 Å². The zero-order valence-corrected chi connectivity index (χ0v) is 11.2. The fraction of sp³-hybridized carbons (Fsp3) is 0.545. The summed E-state index contributed by atoms with van der Waals surface area (Å²) in [5.41, 5.74) is 7.29. The summed E-state index contributed by atoms with van der Waals surface area (Å²) in [4.78, 5) is 18.0. The Labute approximate surface area is 108 Å². The minimum absolute atomic E-state index is 0.209. The van der Waals surface area contributed by atoms with Gasteiger partial charge in [-0.3, -0.25) is 4.79 Å². The topological polar surface area (TPSA) is 77.0 Å². The van der Waals surface area contributed by atoms with Crippen LogP contribution in [0.5, 0.6) is 0 Å². The first-order valence-electron chi connectivity index (χ1n) is 5.94. The number of nitrogens with zero attached hydrogens (tertiary/aromatic N) is 4. The van der Waals surface area contributed by atoms with Crippen molar-refractivity contribution in [3.8, 4) is 0 Å². The summed E-state index contributed by atoms with van der Waals surface area (Å²) in [5.74, 6) is -0.262. The first kappa shape index (κ1) is 11.5. The molecule has 0 aliphatic carbocycles. The predicted octanol–water partition coefficient (Wildman–Crippen LogP) is 0.792. The van der Waals surface area contributed by atoms with Crippen LogP contribution >= 0.6 is 11.3 Å². The van der Waals surface area contributed by atoms with Crippen molar-refractivity contribution in [2.24, 2.45) is 12.8 Å². The summed E-state index contributed by atoms with van der Waals surface area (Å²) in [5, 5.41) is 5.20. The third-order valence-electron chi connectivity index (χ3n) is 3.36. The molecule has 2 aromatic rings. The van der Waals surface area contributed by atoms with Gasteiger partial charge < -0.3 is 10.6 Å². The summed E-state index contributed by atoms with van der Waals surface area (Å²) >= 11 is 1.59. The van der Waals surface area contributed by atoms with Crippen LogP contribution in [0.2, 0.25) is 0 Å². The number of hydrogen-bond donors (Lipinski definition) is 1. The highest BCUT2D eigenvalue weighted by atomic mass is 32.1. The van der Waals surface area contributed by atoms with Crippen LogP contribution in [0.4, 0.5) is 5.13 Å². The number of primary amides is 1. The predicted molar refractivity (Wildman–Crippen MR) is 70.7 cm³/mol. The van der Waals surface area contributed by atoms with Gasteiger partial charge in [0.15, 0.2) is 10.8 Å². The normalized spacial score (nSPS) is 19.9. The van der Waals surface area contributed by atoms with Gasteiger partial charge in [-0.1, -0.05) is 11.3 Å². The zero-order valence-electron chi connectivity index (χ0n) is 10.4. The van der Waals surface area contributed by atoms with Gasteiger partial charge in [-0.25, -0.2) is 9.67 Å². The fourth-order valence-corrected chi connectivity index (χ4v) is 3.60. The van der Waals surface area contributed by atoms with Crippen molar-refractivity contribution in [3.05, 3.63) is 5.69 Å². The molecular formula is C11H15N5OS. The molecular weight excluding hydrogens is 250 g/mol. The third kappa shape index (κ3) is 1.58. The molecule has 1 fully saturated rings. The number of carbonyl (C=O) groups is 1. The van der Waals surface area contributed by atoms with Crippen molar-refractivity contribution in [1.82, 2.24) is 14.8 Å². The second kappa shape index (κ2) is 3.94. The Morgan fingerprint density at radius 2 is 2.33 bits per heavy atom. The van der Waals surface area contributed by atoms with E-state index in [4.69, 9.17) is 5.73 Å². The first-order valence-corrected chi connectivity index (χ1v) is 6.75. The lowest BCUT2D eigenvalue weighted by molar-refractivity contribution is -0.119. The Bertz CT molecular complexity index is 582. The highest BCUT2D eigenvalue weighted by Gasteiger charge is 2.31. The van der Waals surface area contributed by atoms with Crippen molar-refractivity contribution in [2.45, 2.75) is 25.8 Å². The van der Waals surface area contributed by atoms with Crippen LogP contribution in [0.15, 0.2) is 0 Å². The van der Waals surface area contributed by atoms with Crippen LogP contribution < -0.4 is 10.6 Å². The lowest BCUT2D eigenvalue weighted by atomic mass is 10.2. The Morgan fingerprint density at radius 1 is 1.56 bits per heavy atom. The van der Waals surface area contributed by atoms with E-state index in [1.165, 1.54) is 0 Å². The van der Waals surface area contributed by atoms with E-state index in [1.807, 2.05) is 18.9 Å². The third-order valence-corrected chi connectivity index (χ3v) is 4.55. The number of amides is 1. The summed E-state index contributed by atoms with van der Waals surface area (Å²) in [7, 11) is 1.88.